The fourth-order valence-corrected chi connectivity index (χ4v) is 6.26. The molecule has 0 bridgehead atoms. The first-order valence-corrected chi connectivity index (χ1v) is 19.2. The van der Waals surface area contributed by atoms with Crippen molar-refractivity contribution in [3.63, 3.8) is 0 Å². The zero-order valence-electron chi connectivity index (χ0n) is 29.1. The van der Waals surface area contributed by atoms with Crippen LogP contribution in [-0.4, -0.2) is 31.7 Å². The Bertz CT molecular complexity index is 394. The van der Waals surface area contributed by atoms with Crippen LogP contribution >= 0.6 is 12.4 Å². The van der Waals surface area contributed by atoms with Crippen LogP contribution in [0.4, 0.5) is 0 Å². The van der Waals surface area contributed by atoms with Crippen molar-refractivity contribution >= 4 is 12.4 Å². The molecule has 0 aromatic rings. The van der Waals surface area contributed by atoms with Gasteiger partial charge in [-0.05, 0) is 33.0 Å². The van der Waals surface area contributed by atoms with E-state index in [1.54, 1.807) is 0 Å². The van der Waals surface area contributed by atoms with Gasteiger partial charge < -0.3 is 5.32 Å². The zero-order chi connectivity index (χ0) is 29.0. The normalized spacial score (nSPS) is 11.4. The second kappa shape index (κ2) is 40.2. The van der Waals surface area contributed by atoms with Crippen molar-refractivity contribution < 1.29 is 0 Å². The molecule has 0 atom stereocenters. The van der Waals surface area contributed by atoms with E-state index < -0.39 is 0 Å². The molecular weight excluding hydrogens is 520 g/mol. The summed E-state index contributed by atoms with van der Waals surface area (Å²) >= 11 is 0. The zero-order valence-corrected chi connectivity index (χ0v) is 29.9. The first-order chi connectivity index (χ1) is 19.8. The molecule has 250 valence electrons. The molecule has 0 fully saturated rings. The molecule has 3 heteroatoms. The smallest absolute Gasteiger partial charge is 0.0477 e. The third-order valence-corrected chi connectivity index (χ3v) is 9.04. The Morgan fingerprint density at radius 3 is 0.707 bits per heavy atom. The van der Waals surface area contributed by atoms with Crippen LogP contribution < -0.4 is 5.32 Å². The van der Waals surface area contributed by atoms with E-state index in [0.29, 0.717) is 0 Å². The highest BCUT2D eigenvalue weighted by Gasteiger charge is 2.04. The van der Waals surface area contributed by atoms with Gasteiger partial charge in [-0.25, -0.2) is 0 Å². The van der Waals surface area contributed by atoms with Gasteiger partial charge in [0, 0.05) is 6.67 Å². The average Bonchev–Trinajstić information content (AvgIpc) is 2.96. The van der Waals surface area contributed by atoms with E-state index in [1.807, 2.05) is 0 Å². The van der Waals surface area contributed by atoms with Crippen LogP contribution in [0.3, 0.4) is 0 Å². The predicted octanol–water partition coefficient (Wildman–Crippen LogP) is 13.4. The molecule has 0 saturated carbocycles. The molecule has 0 spiro atoms. The Labute approximate surface area is 268 Å². The molecule has 2 nitrogen and oxygen atoms in total. The van der Waals surface area contributed by atoms with Crippen molar-refractivity contribution in [3.8, 4) is 0 Å². The Hall–Kier alpha value is 0.210. The number of hydrogen-bond donors (Lipinski definition) is 1. The van der Waals surface area contributed by atoms with E-state index in [-0.39, 0.29) is 12.4 Å². The molecule has 0 aliphatic carbocycles. The second-order valence-electron chi connectivity index (χ2n) is 13.2. The van der Waals surface area contributed by atoms with E-state index in [4.69, 9.17) is 0 Å². The summed E-state index contributed by atoms with van der Waals surface area (Å²) in [6.07, 6.45) is 46.6. The number of rotatable bonds is 36. The summed E-state index contributed by atoms with van der Waals surface area (Å²) < 4.78 is 0. The van der Waals surface area contributed by atoms with Crippen LogP contribution in [0.1, 0.15) is 219 Å². The Morgan fingerprint density at radius 1 is 0.317 bits per heavy atom. The van der Waals surface area contributed by atoms with Gasteiger partial charge in [-0.15, -0.1) is 12.4 Å². The van der Waals surface area contributed by atoms with Gasteiger partial charge in [-0.2, -0.15) is 0 Å². The second-order valence-corrected chi connectivity index (χ2v) is 13.2. The van der Waals surface area contributed by atoms with E-state index in [2.05, 4.69) is 31.1 Å². The Balaban J connectivity index is 0. The molecule has 0 aromatic carbocycles. The van der Waals surface area contributed by atoms with Crippen molar-refractivity contribution in [2.24, 2.45) is 0 Å². The minimum Gasteiger partial charge on any atom is -0.307 e. The van der Waals surface area contributed by atoms with Crippen LogP contribution in [-0.2, 0) is 0 Å². The van der Waals surface area contributed by atoms with Crippen molar-refractivity contribution in [1.82, 2.24) is 10.2 Å². The van der Waals surface area contributed by atoms with Gasteiger partial charge in [0.25, 0.3) is 0 Å². The summed E-state index contributed by atoms with van der Waals surface area (Å²) in [5.41, 5.74) is 0. The van der Waals surface area contributed by atoms with Crippen LogP contribution in [0.2, 0.25) is 0 Å². The fourth-order valence-electron chi connectivity index (χ4n) is 6.26. The molecule has 0 aromatic heterocycles. The van der Waals surface area contributed by atoms with E-state index in [0.717, 1.165) is 6.67 Å². The van der Waals surface area contributed by atoms with Crippen LogP contribution in [0, 0.1) is 0 Å². The first kappa shape index (κ1) is 43.3. The number of nitrogens with zero attached hydrogens (tertiary/aromatic N) is 1. The fraction of sp³-hybridized carbons (Fsp3) is 1.00. The third-order valence-electron chi connectivity index (χ3n) is 9.04. The molecule has 0 saturated heterocycles. The summed E-state index contributed by atoms with van der Waals surface area (Å²) in [4.78, 5) is 2.66. The molecular formula is C38H81ClN2. The lowest BCUT2D eigenvalue weighted by atomic mass is 10.0. The number of hydrogen-bond acceptors (Lipinski definition) is 2. The largest absolute Gasteiger partial charge is 0.307 e. The number of nitrogens with one attached hydrogen (secondary N) is 1. The standard InChI is InChI=1S/C38H80N2.ClH/c1-4-6-8-10-12-14-16-18-20-22-24-26-28-30-32-34-36-40(38-39-3)37-35-33-31-29-27-25-23-21-19-17-15-13-11-9-7-5-2;/h39H,4-38H2,1-3H3;1H. The third kappa shape index (κ3) is 38.2. The van der Waals surface area contributed by atoms with E-state index >= 15 is 0 Å². The lowest BCUT2D eigenvalue weighted by Gasteiger charge is -2.21. The van der Waals surface area contributed by atoms with E-state index in [9.17, 15) is 0 Å². The van der Waals surface area contributed by atoms with Crippen LogP contribution in [0.25, 0.3) is 0 Å². The van der Waals surface area contributed by atoms with Crippen LogP contribution in [0.5, 0.6) is 0 Å². The van der Waals surface area contributed by atoms with Crippen molar-refractivity contribution in [2.75, 3.05) is 26.8 Å². The molecule has 0 heterocycles. The highest BCUT2D eigenvalue weighted by Crippen LogP contribution is 2.15. The maximum absolute atomic E-state index is 3.40. The van der Waals surface area contributed by atoms with Gasteiger partial charge in [0.2, 0.25) is 0 Å². The maximum Gasteiger partial charge on any atom is 0.0477 e. The first-order valence-electron chi connectivity index (χ1n) is 19.2. The van der Waals surface area contributed by atoms with Gasteiger partial charge in [0.1, 0.15) is 0 Å². The lowest BCUT2D eigenvalue weighted by molar-refractivity contribution is 0.248. The summed E-state index contributed by atoms with van der Waals surface area (Å²) in [6.45, 7) is 8.26. The number of halogens is 1. The molecule has 1 N–H and O–H groups in total. The molecule has 0 amide bonds. The Kier molecular flexibility index (Phi) is 42.5. The van der Waals surface area contributed by atoms with Gasteiger partial charge in [0.15, 0.2) is 0 Å². The van der Waals surface area contributed by atoms with Gasteiger partial charge in [0.05, 0.1) is 0 Å². The van der Waals surface area contributed by atoms with Gasteiger partial charge in [-0.3, -0.25) is 4.90 Å². The average molecular weight is 602 g/mol. The van der Waals surface area contributed by atoms with Gasteiger partial charge >= 0.3 is 0 Å². The van der Waals surface area contributed by atoms with Crippen molar-refractivity contribution in [2.45, 2.75) is 219 Å². The van der Waals surface area contributed by atoms with E-state index in [1.165, 1.54) is 219 Å². The minimum absolute atomic E-state index is 0. The highest BCUT2D eigenvalue weighted by molar-refractivity contribution is 5.85. The predicted molar refractivity (Wildman–Crippen MR) is 192 cm³/mol. The maximum atomic E-state index is 3.40. The summed E-state index contributed by atoms with van der Waals surface area (Å²) in [5, 5.41) is 3.40. The molecule has 0 radical (unpaired) electrons. The molecule has 41 heavy (non-hydrogen) atoms. The molecule has 0 aliphatic heterocycles. The Morgan fingerprint density at radius 2 is 0.512 bits per heavy atom. The van der Waals surface area contributed by atoms with Crippen LogP contribution in [0.15, 0.2) is 0 Å². The van der Waals surface area contributed by atoms with Gasteiger partial charge in [-0.1, -0.05) is 206 Å². The quantitative estimate of drug-likeness (QED) is 0.0568. The van der Waals surface area contributed by atoms with Crippen molar-refractivity contribution in [3.05, 3.63) is 0 Å². The molecule has 0 rings (SSSR count). The summed E-state index contributed by atoms with van der Waals surface area (Å²) in [5.74, 6) is 0. The minimum atomic E-state index is 0. The highest BCUT2D eigenvalue weighted by atomic mass is 35.5. The monoisotopic (exact) mass is 601 g/mol. The summed E-state index contributed by atoms with van der Waals surface area (Å²) in [6, 6.07) is 0. The topological polar surface area (TPSA) is 15.3 Å². The lowest BCUT2D eigenvalue weighted by Crippen LogP contribution is -2.34. The summed E-state index contributed by atoms with van der Waals surface area (Å²) in [7, 11) is 2.11. The van der Waals surface area contributed by atoms with Crippen molar-refractivity contribution in [1.29, 1.82) is 0 Å². The molecule has 0 unspecified atom stereocenters. The molecule has 0 aliphatic rings. The number of unbranched alkanes of at least 4 members (excludes halogenated alkanes) is 30. The SMILES string of the molecule is CCCCCCCCCCCCCCCCCCN(CCCCCCCCCCCCCCCCCC)CNC.Cl.